The maximum absolute atomic E-state index is 14.9. The third-order valence-electron chi connectivity index (χ3n) is 8.95. The van der Waals surface area contributed by atoms with Gasteiger partial charge < -0.3 is 4.74 Å². The molecule has 2 unspecified atom stereocenters. The SMILES string of the molecule is Cc1cc(C)n2nc(CC3C(=O)CC(CCc4ccc(C5(C#N)CC5)c(F)c4)(C4CCCC4)OC3=O)nc2n1. The Morgan fingerprint density at radius 1 is 1.15 bits per heavy atom. The Bertz CT molecular complexity index is 1490. The Labute approximate surface area is 226 Å². The van der Waals surface area contributed by atoms with Gasteiger partial charge in [-0.25, -0.2) is 13.9 Å². The van der Waals surface area contributed by atoms with Crippen LogP contribution < -0.4 is 0 Å². The summed E-state index contributed by atoms with van der Waals surface area (Å²) in [6, 6.07) is 9.23. The van der Waals surface area contributed by atoms with Gasteiger partial charge in [-0.05, 0) is 76.0 Å². The van der Waals surface area contributed by atoms with E-state index in [0.717, 1.165) is 42.6 Å². The van der Waals surface area contributed by atoms with E-state index in [0.29, 0.717) is 42.8 Å². The summed E-state index contributed by atoms with van der Waals surface area (Å²) in [5.41, 5.74) is 1.36. The molecule has 2 saturated carbocycles. The topological polar surface area (TPSA) is 110 Å². The van der Waals surface area contributed by atoms with Crippen molar-refractivity contribution >= 4 is 17.5 Å². The fourth-order valence-electron chi connectivity index (χ4n) is 6.58. The Morgan fingerprint density at radius 3 is 2.59 bits per heavy atom. The van der Waals surface area contributed by atoms with Crippen LogP contribution in [0.25, 0.3) is 5.78 Å². The minimum Gasteiger partial charge on any atom is -0.458 e. The molecule has 0 N–H and O–H groups in total. The highest BCUT2D eigenvalue weighted by Gasteiger charge is 2.52. The summed E-state index contributed by atoms with van der Waals surface area (Å²) in [5, 5.41) is 13.9. The van der Waals surface area contributed by atoms with Crippen molar-refractivity contribution in [3.63, 3.8) is 0 Å². The molecule has 0 bridgehead atoms. The number of ketones is 1. The number of esters is 1. The molecule has 3 fully saturated rings. The largest absolute Gasteiger partial charge is 0.458 e. The number of Topliss-reactive ketones (excluding diaryl/α,β-unsaturated/α-hetero) is 1. The average Bonchev–Trinajstić information content (AvgIpc) is 3.28. The molecule has 3 heterocycles. The van der Waals surface area contributed by atoms with Crippen LogP contribution in [0.1, 0.15) is 79.7 Å². The molecular weight excluding hydrogens is 497 g/mol. The normalized spacial score (nSPS) is 24.6. The number of hydrogen-bond donors (Lipinski definition) is 0. The number of cyclic esters (lactones) is 1. The number of halogens is 1. The van der Waals surface area contributed by atoms with Gasteiger partial charge in [-0.3, -0.25) is 9.59 Å². The van der Waals surface area contributed by atoms with Gasteiger partial charge in [0, 0.05) is 29.8 Å². The summed E-state index contributed by atoms with van der Waals surface area (Å²) < 4.78 is 22.8. The third kappa shape index (κ3) is 4.60. The fourth-order valence-corrected chi connectivity index (χ4v) is 6.58. The highest BCUT2D eigenvalue weighted by Crippen LogP contribution is 2.49. The number of benzene rings is 1. The predicted octanol–water partition coefficient (Wildman–Crippen LogP) is 4.67. The minimum atomic E-state index is -0.948. The van der Waals surface area contributed by atoms with Gasteiger partial charge >= 0.3 is 5.97 Å². The first-order valence-electron chi connectivity index (χ1n) is 13.9. The van der Waals surface area contributed by atoms with Gasteiger partial charge in [-0.2, -0.15) is 10.2 Å². The van der Waals surface area contributed by atoms with Crippen molar-refractivity contribution in [2.24, 2.45) is 11.8 Å². The van der Waals surface area contributed by atoms with Gasteiger partial charge in [0.25, 0.3) is 5.78 Å². The highest BCUT2D eigenvalue weighted by atomic mass is 19.1. The van der Waals surface area contributed by atoms with Crippen LogP contribution >= 0.6 is 0 Å². The summed E-state index contributed by atoms with van der Waals surface area (Å²) in [6.45, 7) is 3.79. The summed E-state index contributed by atoms with van der Waals surface area (Å²) in [6.07, 6.45) is 6.42. The zero-order chi connectivity index (χ0) is 27.4. The van der Waals surface area contributed by atoms with Crippen molar-refractivity contribution in [2.75, 3.05) is 0 Å². The number of carbonyl (C=O) groups is 2. The van der Waals surface area contributed by atoms with Crippen molar-refractivity contribution in [3.05, 3.63) is 58.4 Å². The maximum Gasteiger partial charge on any atom is 0.317 e. The molecule has 0 radical (unpaired) electrons. The molecular formula is C30H32FN5O3. The molecule has 6 rings (SSSR count). The smallest absolute Gasteiger partial charge is 0.317 e. The molecule has 1 aliphatic heterocycles. The van der Waals surface area contributed by atoms with Crippen LogP contribution in [0.4, 0.5) is 4.39 Å². The number of carbonyl (C=O) groups excluding carboxylic acids is 2. The van der Waals surface area contributed by atoms with E-state index in [1.165, 1.54) is 6.07 Å². The van der Waals surface area contributed by atoms with E-state index >= 15 is 0 Å². The Morgan fingerprint density at radius 2 is 1.92 bits per heavy atom. The van der Waals surface area contributed by atoms with Crippen LogP contribution in [0.15, 0.2) is 24.3 Å². The molecule has 0 amide bonds. The molecule has 39 heavy (non-hydrogen) atoms. The van der Waals surface area contributed by atoms with Gasteiger partial charge in [0.15, 0.2) is 11.6 Å². The molecule has 3 aliphatic rings. The van der Waals surface area contributed by atoms with Crippen LogP contribution in [-0.2, 0) is 32.6 Å². The first-order chi connectivity index (χ1) is 18.7. The number of nitrogens with zero attached hydrogens (tertiary/aromatic N) is 5. The van der Waals surface area contributed by atoms with E-state index in [9.17, 15) is 19.2 Å². The monoisotopic (exact) mass is 529 g/mol. The van der Waals surface area contributed by atoms with Crippen molar-refractivity contribution in [1.29, 1.82) is 5.26 Å². The molecule has 2 atom stereocenters. The third-order valence-corrected chi connectivity index (χ3v) is 8.95. The van der Waals surface area contributed by atoms with Crippen LogP contribution in [0.5, 0.6) is 0 Å². The number of rotatable bonds is 7. The summed E-state index contributed by atoms with van der Waals surface area (Å²) in [5.74, 6) is -1.05. The molecule has 8 nitrogen and oxygen atoms in total. The van der Waals surface area contributed by atoms with Gasteiger partial charge in [0.05, 0.1) is 11.5 Å². The molecule has 3 aromatic rings. The van der Waals surface area contributed by atoms with E-state index in [-0.39, 0.29) is 30.4 Å². The first-order valence-corrected chi connectivity index (χ1v) is 13.9. The Kier molecular flexibility index (Phi) is 6.24. The number of aromatic nitrogens is 4. The first kappa shape index (κ1) is 25.6. The summed E-state index contributed by atoms with van der Waals surface area (Å²) in [7, 11) is 0. The number of nitriles is 1. The van der Waals surface area contributed by atoms with Gasteiger partial charge in [-0.15, -0.1) is 5.10 Å². The van der Waals surface area contributed by atoms with Crippen molar-refractivity contribution in [3.8, 4) is 6.07 Å². The van der Waals surface area contributed by atoms with Gasteiger partial charge in [-0.1, -0.05) is 25.0 Å². The van der Waals surface area contributed by atoms with E-state index in [2.05, 4.69) is 21.1 Å². The maximum atomic E-state index is 14.9. The number of ether oxygens (including phenoxy) is 1. The predicted molar refractivity (Wildman–Crippen MR) is 139 cm³/mol. The zero-order valence-electron chi connectivity index (χ0n) is 22.4. The average molecular weight is 530 g/mol. The van der Waals surface area contributed by atoms with Gasteiger partial charge in [0.2, 0.25) is 0 Å². The lowest BCUT2D eigenvalue weighted by Gasteiger charge is -2.43. The van der Waals surface area contributed by atoms with Crippen molar-refractivity contribution in [2.45, 2.75) is 89.1 Å². The minimum absolute atomic E-state index is 0.0770. The van der Waals surface area contributed by atoms with Crippen LogP contribution in [0.3, 0.4) is 0 Å². The summed E-state index contributed by atoms with van der Waals surface area (Å²) in [4.78, 5) is 35.7. The van der Waals surface area contributed by atoms with Crippen LogP contribution in [-0.4, -0.2) is 36.9 Å². The van der Waals surface area contributed by atoms with E-state index in [1.807, 2.05) is 26.0 Å². The second-order valence-corrected chi connectivity index (χ2v) is 11.7. The summed E-state index contributed by atoms with van der Waals surface area (Å²) >= 11 is 0. The second-order valence-electron chi connectivity index (χ2n) is 11.7. The molecule has 2 aromatic heterocycles. The van der Waals surface area contributed by atoms with E-state index < -0.39 is 22.9 Å². The molecule has 1 saturated heterocycles. The second kappa shape index (κ2) is 9.51. The number of hydrogen-bond acceptors (Lipinski definition) is 7. The molecule has 1 aromatic carbocycles. The quantitative estimate of drug-likeness (QED) is 0.323. The molecule has 2 aliphatic carbocycles. The molecule has 202 valence electrons. The Balaban J connectivity index is 1.20. The zero-order valence-corrected chi connectivity index (χ0v) is 22.4. The van der Waals surface area contributed by atoms with Gasteiger partial charge in [0.1, 0.15) is 17.3 Å². The van der Waals surface area contributed by atoms with Crippen molar-refractivity contribution in [1.82, 2.24) is 19.6 Å². The lowest BCUT2D eigenvalue weighted by Crippen LogP contribution is -2.52. The number of aryl methyl sites for hydroxylation is 3. The lowest BCUT2D eigenvalue weighted by molar-refractivity contribution is -0.185. The molecule has 9 heteroatoms. The number of fused-ring (bicyclic) bond motifs is 1. The fraction of sp³-hybridized carbons (Fsp3) is 0.533. The van der Waals surface area contributed by atoms with Crippen LogP contribution in [0.2, 0.25) is 0 Å². The Hall–Kier alpha value is -3.67. The van der Waals surface area contributed by atoms with E-state index in [4.69, 9.17) is 4.74 Å². The lowest BCUT2D eigenvalue weighted by atomic mass is 9.73. The standard InChI is InChI=1S/C30H32FN5O3/c1-18-13-19(2)36-28(33-18)34-26(35-36)15-22-25(37)16-30(39-27(22)38,21-5-3-4-6-21)10-9-20-7-8-23(24(31)14-20)29(17-32)11-12-29/h7-8,13-14,21-22H,3-6,9-12,15-16H2,1-2H3. The van der Waals surface area contributed by atoms with Crippen molar-refractivity contribution < 1.29 is 18.7 Å². The highest BCUT2D eigenvalue weighted by molar-refractivity contribution is 6.01. The van der Waals surface area contributed by atoms with Crippen LogP contribution in [0, 0.1) is 42.8 Å². The molecule has 0 spiro atoms. The van der Waals surface area contributed by atoms with E-state index in [1.54, 1.807) is 10.6 Å².